The van der Waals surface area contributed by atoms with Crippen LogP contribution in [0.5, 0.6) is 0 Å². The molecule has 1 heterocycles. The highest BCUT2D eigenvalue weighted by molar-refractivity contribution is 6.00. The van der Waals surface area contributed by atoms with Crippen LogP contribution in [-0.2, 0) is 11.2 Å². The maximum Gasteiger partial charge on any atom is 0.323 e. The van der Waals surface area contributed by atoms with E-state index in [9.17, 15) is 4.79 Å². The van der Waals surface area contributed by atoms with Gasteiger partial charge in [0.2, 0.25) is 0 Å². The molecular weight excluding hydrogens is 252 g/mol. The number of ether oxygens (including phenoxy) is 1. The van der Waals surface area contributed by atoms with Gasteiger partial charge in [-0.25, -0.2) is 4.79 Å². The van der Waals surface area contributed by atoms with Crippen molar-refractivity contribution in [3.63, 3.8) is 0 Å². The van der Waals surface area contributed by atoms with Crippen LogP contribution in [0.4, 0.5) is 16.2 Å². The third-order valence-electron chi connectivity index (χ3n) is 3.67. The van der Waals surface area contributed by atoms with Crippen molar-refractivity contribution in [1.82, 2.24) is 0 Å². The van der Waals surface area contributed by atoms with Crippen LogP contribution in [0.15, 0.2) is 48.5 Å². The van der Waals surface area contributed by atoms with Gasteiger partial charge in [-0.1, -0.05) is 36.4 Å². The molecule has 3 rings (SSSR count). The third-order valence-corrected chi connectivity index (χ3v) is 3.67. The fourth-order valence-corrected chi connectivity index (χ4v) is 2.75. The summed E-state index contributed by atoms with van der Waals surface area (Å²) in [6.45, 7) is 0. The van der Waals surface area contributed by atoms with E-state index in [0.29, 0.717) is 6.42 Å². The van der Waals surface area contributed by atoms with Crippen molar-refractivity contribution in [2.45, 2.75) is 12.5 Å². The highest BCUT2D eigenvalue weighted by Crippen LogP contribution is 2.40. The molecule has 4 heteroatoms. The summed E-state index contributed by atoms with van der Waals surface area (Å²) in [5.41, 5.74) is 9.24. The van der Waals surface area contributed by atoms with Gasteiger partial charge < -0.3 is 10.5 Å². The number of amides is 2. The molecule has 20 heavy (non-hydrogen) atoms. The summed E-state index contributed by atoms with van der Waals surface area (Å²) in [6.07, 6.45) is 0.629. The summed E-state index contributed by atoms with van der Waals surface area (Å²) < 4.78 is 5.60. The second kappa shape index (κ2) is 4.98. The molecule has 0 bridgehead atoms. The Morgan fingerprint density at radius 2 is 1.80 bits per heavy atom. The molecule has 2 amide bonds. The summed E-state index contributed by atoms with van der Waals surface area (Å²) in [5.74, 6) is 0. The zero-order valence-electron chi connectivity index (χ0n) is 11.2. The molecule has 0 aliphatic carbocycles. The van der Waals surface area contributed by atoms with Crippen molar-refractivity contribution < 1.29 is 9.53 Å². The van der Waals surface area contributed by atoms with E-state index in [1.54, 1.807) is 12.0 Å². The Morgan fingerprint density at radius 3 is 2.50 bits per heavy atom. The van der Waals surface area contributed by atoms with E-state index in [0.717, 1.165) is 22.5 Å². The molecule has 1 aliphatic rings. The standard InChI is InChI=1S/C16H16N2O2/c1-20-15-10-11-6-2-4-8-13(11)18(16(17)19)14-9-5-3-7-12(14)15/h2-9,15H,10H2,1H3,(H2,17,19)/t15-/m1/s1. The number of hydrogen-bond acceptors (Lipinski definition) is 2. The molecule has 4 nitrogen and oxygen atoms in total. The van der Waals surface area contributed by atoms with Gasteiger partial charge in [0.05, 0.1) is 17.5 Å². The molecule has 2 aromatic rings. The lowest BCUT2D eigenvalue weighted by atomic mass is 10.0. The monoisotopic (exact) mass is 268 g/mol. The van der Waals surface area contributed by atoms with Gasteiger partial charge in [0.1, 0.15) is 0 Å². The van der Waals surface area contributed by atoms with E-state index in [2.05, 4.69) is 0 Å². The van der Waals surface area contributed by atoms with Crippen molar-refractivity contribution in [3.8, 4) is 0 Å². The molecule has 1 aliphatic heterocycles. The van der Waals surface area contributed by atoms with Crippen LogP contribution in [0.1, 0.15) is 17.2 Å². The van der Waals surface area contributed by atoms with Crippen LogP contribution in [0.2, 0.25) is 0 Å². The Kier molecular flexibility index (Phi) is 3.16. The number of rotatable bonds is 1. The lowest BCUT2D eigenvalue weighted by Crippen LogP contribution is -2.32. The number of para-hydroxylation sites is 2. The number of hydrogen-bond donors (Lipinski definition) is 1. The minimum absolute atomic E-state index is 0.0864. The average molecular weight is 268 g/mol. The molecule has 0 aromatic heterocycles. The van der Waals surface area contributed by atoms with Gasteiger partial charge in [0.25, 0.3) is 0 Å². The normalized spacial score (nSPS) is 17.1. The quantitative estimate of drug-likeness (QED) is 0.863. The second-order valence-electron chi connectivity index (χ2n) is 4.79. The lowest BCUT2D eigenvalue weighted by Gasteiger charge is -2.23. The van der Waals surface area contributed by atoms with E-state index in [-0.39, 0.29) is 6.10 Å². The van der Waals surface area contributed by atoms with Crippen LogP contribution in [0.25, 0.3) is 0 Å². The molecule has 2 N–H and O–H groups in total. The highest BCUT2D eigenvalue weighted by atomic mass is 16.5. The number of primary amides is 1. The Morgan fingerprint density at radius 1 is 1.15 bits per heavy atom. The predicted molar refractivity (Wildman–Crippen MR) is 78.1 cm³/mol. The molecule has 102 valence electrons. The number of fused-ring (bicyclic) bond motifs is 2. The molecule has 0 saturated heterocycles. The molecule has 2 aromatic carbocycles. The maximum absolute atomic E-state index is 11.9. The summed E-state index contributed by atoms with van der Waals surface area (Å²) in [5, 5.41) is 0. The average Bonchev–Trinajstić information content (AvgIpc) is 2.61. The molecule has 1 atom stereocenters. The van der Waals surface area contributed by atoms with E-state index in [1.165, 1.54) is 0 Å². The SMILES string of the molecule is CO[C@@H]1Cc2ccccc2N(C(N)=O)c2ccccc21. The van der Waals surface area contributed by atoms with Gasteiger partial charge in [0, 0.05) is 19.1 Å². The molecular formula is C16H16N2O2. The zero-order chi connectivity index (χ0) is 14.1. The minimum Gasteiger partial charge on any atom is -0.376 e. The first-order chi connectivity index (χ1) is 9.72. The van der Waals surface area contributed by atoms with Crippen molar-refractivity contribution in [2.24, 2.45) is 5.73 Å². The Hall–Kier alpha value is -2.33. The number of carbonyl (C=O) groups is 1. The molecule has 0 radical (unpaired) electrons. The molecule has 0 fully saturated rings. The van der Waals surface area contributed by atoms with Crippen LogP contribution in [0.3, 0.4) is 0 Å². The second-order valence-corrected chi connectivity index (χ2v) is 4.79. The van der Waals surface area contributed by atoms with Gasteiger partial charge in [-0.2, -0.15) is 0 Å². The summed E-state index contributed by atoms with van der Waals surface area (Å²) in [6, 6.07) is 15.0. The zero-order valence-corrected chi connectivity index (χ0v) is 11.2. The summed E-state index contributed by atoms with van der Waals surface area (Å²) in [4.78, 5) is 13.5. The third kappa shape index (κ3) is 1.94. The van der Waals surface area contributed by atoms with Crippen molar-refractivity contribution in [2.75, 3.05) is 12.0 Å². The number of urea groups is 1. The van der Waals surface area contributed by atoms with Gasteiger partial charge >= 0.3 is 6.03 Å². The number of nitrogens with two attached hydrogens (primary N) is 1. The largest absolute Gasteiger partial charge is 0.376 e. The lowest BCUT2D eigenvalue weighted by molar-refractivity contribution is 0.105. The van der Waals surface area contributed by atoms with E-state index in [1.807, 2.05) is 48.5 Å². The Balaban J connectivity index is 2.27. The van der Waals surface area contributed by atoms with Crippen molar-refractivity contribution in [1.29, 1.82) is 0 Å². The first-order valence-corrected chi connectivity index (χ1v) is 6.51. The van der Waals surface area contributed by atoms with Crippen LogP contribution in [0, 0.1) is 0 Å². The maximum atomic E-state index is 11.9. The predicted octanol–water partition coefficient (Wildman–Crippen LogP) is 3.15. The van der Waals surface area contributed by atoms with Gasteiger partial charge in [-0.05, 0) is 17.7 Å². The van der Waals surface area contributed by atoms with Gasteiger partial charge in [0.15, 0.2) is 0 Å². The first kappa shape index (κ1) is 12.7. The Bertz CT molecular complexity index is 654. The van der Waals surface area contributed by atoms with Crippen molar-refractivity contribution in [3.05, 3.63) is 59.7 Å². The fraction of sp³-hybridized carbons (Fsp3) is 0.188. The number of methoxy groups -OCH3 is 1. The van der Waals surface area contributed by atoms with Crippen molar-refractivity contribution >= 4 is 17.4 Å². The Labute approximate surface area is 117 Å². The molecule has 0 spiro atoms. The van der Waals surface area contributed by atoms with Crippen LogP contribution in [-0.4, -0.2) is 13.1 Å². The fourth-order valence-electron chi connectivity index (χ4n) is 2.75. The molecule has 0 saturated carbocycles. The summed E-state index contributed by atoms with van der Waals surface area (Å²) in [7, 11) is 1.68. The number of benzene rings is 2. The van der Waals surface area contributed by atoms with E-state index >= 15 is 0 Å². The summed E-state index contributed by atoms with van der Waals surface area (Å²) >= 11 is 0. The highest BCUT2D eigenvalue weighted by Gasteiger charge is 2.28. The van der Waals surface area contributed by atoms with Crippen LogP contribution < -0.4 is 10.6 Å². The number of anilines is 2. The van der Waals surface area contributed by atoms with Gasteiger partial charge in [-0.15, -0.1) is 0 Å². The topological polar surface area (TPSA) is 55.6 Å². The van der Waals surface area contributed by atoms with E-state index in [4.69, 9.17) is 10.5 Å². The van der Waals surface area contributed by atoms with E-state index < -0.39 is 6.03 Å². The minimum atomic E-state index is -0.485. The number of carbonyl (C=O) groups excluding carboxylic acids is 1. The number of nitrogens with zero attached hydrogens (tertiary/aromatic N) is 1. The van der Waals surface area contributed by atoms with Gasteiger partial charge in [-0.3, -0.25) is 4.90 Å². The molecule has 0 unspecified atom stereocenters. The van der Waals surface area contributed by atoms with Crippen LogP contribution >= 0.6 is 0 Å². The smallest absolute Gasteiger partial charge is 0.323 e. The first-order valence-electron chi connectivity index (χ1n) is 6.51.